The van der Waals surface area contributed by atoms with Gasteiger partial charge < -0.3 is 4.90 Å². The molecule has 0 bridgehead atoms. The molecule has 25 heavy (non-hydrogen) atoms. The van der Waals surface area contributed by atoms with Crippen molar-refractivity contribution < 1.29 is 4.79 Å². The molecule has 7 nitrogen and oxygen atoms in total. The van der Waals surface area contributed by atoms with E-state index in [4.69, 9.17) is 0 Å². The minimum Gasteiger partial charge on any atom is -0.334 e. The number of pyridine rings is 1. The molecule has 1 aliphatic rings. The lowest BCUT2D eigenvalue weighted by molar-refractivity contribution is -0.133. The number of benzene rings is 1. The lowest BCUT2D eigenvalue weighted by Crippen LogP contribution is -2.35. The zero-order chi connectivity index (χ0) is 17.1. The third-order valence-electron chi connectivity index (χ3n) is 4.27. The fourth-order valence-electron chi connectivity index (χ4n) is 2.87. The Kier molecular flexibility index (Phi) is 4.20. The lowest BCUT2D eigenvalue weighted by atomic mass is 10.0. The lowest BCUT2D eigenvalue weighted by Gasteiger charge is -2.22. The Bertz CT molecular complexity index is 845. The Morgan fingerprint density at radius 1 is 1.20 bits per heavy atom. The van der Waals surface area contributed by atoms with E-state index in [2.05, 4.69) is 38.7 Å². The molecule has 0 saturated heterocycles. The number of aromatic nitrogens is 5. The smallest absolute Gasteiger partial charge is 0.244 e. The van der Waals surface area contributed by atoms with E-state index in [-0.39, 0.29) is 12.5 Å². The highest BCUT2D eigenvalue weighted by Crippen LogP contribution is 2.29. The fraction of sp³-hybridized carbons (Fsp3) is 0.278. The van der Waals surface area contributed by atoms with Crippen molar-refractivity contribution in [1.29, 1.82) is 0 Å². The highest BCUT2D eigenvalue weighted by molar-refractivity contribution is 5.76. The van der Waals surface area contributed by atoms with Crippen molar-refractivity contribution >= 4 is 5.91 Å². The Hall–Kier alpha value is -3.09. The van der Waals surface area contributed by atoms with Crippen LogP contribution in [0.1, 0.15) is 18.4 Å². The van der Waals surface area contributed by atoms with E-state index < -0.39 is 0 Å². The first-order chi connectivity index (χ1) is 12.3. The van der Waals surface area contributed by atoms with Crippen molar-refractivity contribution in [2.24, 2.45) is 0 Å². The van der Waals surface area contributed by atoms with Gasteiger partial charge in [0.25, 0.3) is 0 Å². The molecule has 0 radical (unpaired) electrons. The molecular weight excluding hydrogens is 316 g/mol. The number of carbonyl (C=O) groups is 1. The summed E-state index contributed by atoms with van der Waals surface area (Å²) < 4.78 is 1.46. The van der Waals surface area contributed by atoms with Crippen molar-refractivity contribution in [3.8, 4) is 11.1 Å². The van der Waals surface area contributed by atoms with Gasteiger partial charge in [-0.15, -0.1) is 5.10 Å². The molecule has 2 heterocycles. The minimum atomic E-state index is 0.0431. The van der Waals surface area contributed by atoms with E-state index in [1.807, 2.05) is 29.3 Å². The molecule has 1 aliphatic carbocycles. The number of hydrogen-bond acceptors (Lipinski definition) is 5. The van der Waals surface area contributed by atoms with E-state index in [1.165, 1.54) is 11.0 Å². The third kappa shape index (κ3) is 3.71. The summed E-state index contributed by atoms with van der Waals surface area (Å²) in [7, 11) is 0. The van der Waals surface area contributed by atoms with Gasteiger partial charge >= 0.3 is 0 Å². The topological polar surface area (TPSA) is 76.8 Å². The predicted octanol–water partition coefficient (Wildman–Crippen LogP) is 1.93. The molecule has 3 aromatic rings. The molecule has 0 atom stereocenters. The van der Waals surface area contributed by atoms with Gasteiger partial charge in [0.1, 0.15) is 12.9 Å². The number of amides is 1. The number of tetrazole rings is 1. The minimum absolute atomic E-state index is 0.0431. The largest absolute Gasteiger partial charge is 0.334 e. The first kappa shape index (κ1) is 15.4. The van der Waals surface area contributed by atoms with Crippen LogP contribution in [0.15, 0.2) is 55.1 Å². The van der Waals surface area contributed by atoms with Gasteiger partial charge in [-0.05, 0) is 52.1 Å². The van der Waals surface area contributed by atoms with Crippen LogP contribution in [0.4, 0.5) is 0 Å². The van der Waals surface area contributed by atoms with Crippen molar-refractivity contribution in [3.63, 3.8) is 0 Å². The van der Waals surface area contributed by atoms with Crippen LogP contribution in [0.5, 0.6) is 0 Å². The predicted molar refractivity (Wildman–Crippen MR) is 91.1 cm³/mol. The van der Waals surface area contributed by atoms with E-state index in [1.54, 1.807) is 6.20 Å². The Morgan fingerprint density at radius 3 is 2.80 bits per heavy atom. The number of rotatable bonds is 6. The van der Waals surface area contributed by atoms with E-state index >= 15 is 0 Å². The molecule has 1 saturated carbocycles. The zero-order valence-corrected chi connectivity index (χ0v) is 13.7. The summed E-state index contributed by atoms with van der Waals surface area (Å²) in [5.41, 5.74) is 3.29. The van der Waals surface area contributed by atoms with Gasteiger partial charge in [0.05, 0.1) is 0 Å². The summed E-state index contributed by atoms with van der Waals surface area (Å²) in [5, 5.41) is 10.9. The monoisotopic (exact) mass is 334 g/mol. The zero-order valence-electron chi connectivity index (χ0n) is 13.7. The van der Waals surface area contributed by atoms with Crippen molar-refractivity contribution in [1.82, 2.24) is 30.1 Å². The maximum atomic E-state index is 12.7. The van der Waals surface area contributed by atoms with Crippen molar-refractivity contribution in [3.05, 3.63) is 60.7 Å². The number of carbonyl (C=O) groups excluding carboxylic acids is 1. The van der Waals surface area contributed by atoms with Crippen LogP contribution in [-0.4, -0.2) is 42.0 Å². The van der Waals surface area contributed by atoms with Crippen molar-refractivity contribution in [2.45, 2.75) is 32.0 Å². The Balaban J connectivity index is 1.52. The molecule has 0 unspecified atom stereocenters. The van der Waals surface area contributed by atoms with Gasteiger partial charge in [-0.25, -0.2) is 4.68 Å². The third-order valence-corrected chi connectivity index (χ3v) is 4.27. The SMILES string of the molecule is O=C(Cn1cnnn1)N(Cc1cccc(-c2cccnc2)c1)C1CC1. The second-order valence-electron chi connectivity index (χ2n) is 6.20. The highest BCUT2D eigenvalue weighted by atomic mass is 16.2. The average Bonchev–Trinajstić information content (AvgIpc) is 3.37. The van der Waals surface area contributed by atoms with Crippen LogP contribution in [0.3, 0.4) is 0 Å². The van der Waals surface area contributed by atoms with E-state index in [9.17, 15) is 4.79 Å². The van der Waals surface area contributed by atoms with Gasteiger partial charge in [-0.2, -0.15) is 0 Å². The molecule has 0 spiro atoms. The maximum Gasteiger partial charge on any atom is 0.244 e. The first-order valence-corrected chi connectivity index (χ1v) is 8.29. The summed E-state index contributed by atoms with van der Waals surface area (Å²) in [4.78, 5) is 18.8. The van der Waals surface area contributed by atoms with E-state index in [0.29, 0.717) is 12.6 Å². The second kappa shape index (κ2) is 6.80. The van der Waals surface area contributed by atoms with Gasteiger partial charge in [0, 0.05) is 25.0 Å². The fourth-order valence-corrected chi connectivity index (χ4v) is 2.87. The number of hydrogen-bond donors (Lipinski definition) is 0. The van der Waals surface area contributed by atoms with Gasteiger partial charge in [0.2, 0.25) is 5.91 Å². The Labute approximate surface area is 145 Å². The summed E-state index contributed by atoms with van der Waals surface area (Å²) in [6.45, 7) is 0.769. The molecule has 7 heteroatoms. The molecular formula is C18H18N6O. The van der Waals surface area contributed by atoms with Crippen LogP contribution < -0.4 is 0 Å². The first-order valence-electron chi connectivity index (χ1n) is 8.29. The summed E-state index contributed by atoms with van der Waals surface area (Å²) in [6.07, 6.45) is 7.19. The van der Waals surface area contributed by atoms with Crippen LogP contribution in [0, 0.1) is 0 Å². The molecule has 1 fully saturated rings. The van der Waals surface area contributed by atoms with Crippen LogP contribution >= 0.6 is 0 Å². The normalized spacial score (nSPS) is 13.6. The second-order valence-corrected chi connectivity index (χ2v) is 6.20. The van der Waals surface area contributed by atoms with Gasteiger partial charge in [0.15, 0.2) is 0 Å². The van der Waals surface area contributed by atoms with Gasteiger partial charge in [-0.3, -0.25) is 9.78 Å². The van der Waals surface area contributed by atoms with Gasteiger partial charge in [-0.1, -0.05) is 24.3 Å². The van der Waals surface area contributed by atoms with E-state index in [0.717, 1.165) is 29.5 Å². The average molecular weight is 334 g/mol. The van der Waals surface area contributed by atoms with Crippen LogP contribution in [0.25, 0.3) is 11.1 Å². The van der Waals surface area contributed by atoms with Crippen LogP contribution in [-0.2, 0) is 17.9 Å². The number of nitrogens with zero attached hydrogens (tertiary/aromatic N) is 6. The molecule has 2 aromatic heterocycles. The summed E-state index contributed by atoms with van der Waals surface area (Å²) in [5.74, 6) is 0.0431. The highest BCUT2D eigenvalue weighted by Gasteiger charge is 2.32. The summed E-state index contributed by atoms with van der Waals surface area (Å²) in [6, 6.07) is 12.5. The molecule has 126 valence electrons. The standard InChI is InChI=1S/C18H18N6O/c25-18(12-23-13-20-21-22-23)24(17-6-7-17)11-14-3-1-4-15(9-14)16-5-2-8-19-10-16/h1-5,8-10,13,17H,6-7,11-12H2. The molecule has 0 aliphatic heterocycles. The maximum absolute atomic E-state index is 12.7. The van der Waals surface area contributed by atoms with Crippen molar-refractivity contribution in [2.75, 3.05) is 0 Å². The Morgan fingerprint density at radius 2 is 2.08 bits per heavy atom. The molecule has 1 amide bonds. The summed E-state index contributed by atoms with van der Waals surface area (Å²) >= 11 is 0. The molecule has 1 aromatic carbocycles. The molecule has 0 N–H and O–H groups in total. The quantitative estimate of drug-likeness (QED) is 0.688. The molecule has 4 rings (SSSR count). The van der Waals surface area contributed by atoms with Crippen LogP contribution in [0.2, 0.25) is 0 Å².